The van der Waals surface area contributed by atoms with Gasteiger partial charge >= 0.3 is 0 Å². The third-order valence-corrected chi connectivity index (χ3v) is 4.91. The molecule has 0 saturated heterocycles. The van der Waals surface area contributed by atoms with Gasteiger partial charge in [-0.1, -0.05) is 88.2 Å². The number of ketones is 1. The lowest BCUT2D eigenvalue weighted by Crippen LogP contribution is -2.10. The van der Waals surface area contributed by atoms with E-state index in [0.29, 0.717) is 0 Å². The van der Waals surface area contributed by atoms with Crippen LogP contribution in [-0.4, -0.2) is 5.78 Å². The van der Waals surface area contributed by atoms with Gasteiger partial charge in [-0.25, -0.2) is 0 Å². The Bertz CT molecular complexity index is 865. The van der Waals surface area contributed by atoms with Gasteiger partial charge in [0, 0.05) is 4.47 Å². The van der Waals surface area contributed by atoms with E-state index in [1.165, 1.54) is 5.56 Å². The minimum atomic E-state index is -0.229. The summed E-state index contributed by atoms with van der Waals surface area (Å²) in [5.74, 6) is -0.0730. The van der Waals surface area contributed by atoms with Crippen molar-refractivity contribution in [3.63, 3.8) is 0 Å². The van der Waals surface area contributed by atoms with E-state index < -0.39 is 0 Å². The topological polar surface area (TPSA) is 17.1 Å². The average Bonchev–Trinajstić information content (AvgIpc) is 2.57. The molecule has 0 aliphatic carbocycles. The van der Waals surface area contributed by atoms with Crippen LogP contribution in [0.4, 0.5) is 0 Å². The minimum Gasteiger partial charge on any atom is -0.299 e. The lowest BCUT2D eigenvalue weighted by Gasteiger charge is -2.16. The van der Waals surface area contributed by atoms with E-state index in [4.69, 9.17) is 0 Å². The van der Waals surface area contributed by atoms with Gasteiger partial charge in [0.1, 0.15) is 5.78 Å². The van der Waals surface area contributed by atoms with E-state index in [1.54, 1.807) is 6.92 Å². The van der Waals surface area contributed by atoms with Gasteiger partial charge in [-0.15, -0.1) is 0 Å². The Kier molecular flexibility index (Phi) is 4.96. The second kappa shape index (κ2) is 7.14. The molecule has 2 heteroatoms. The molecule has 0 amide bonds. The SMILES string of the molecule is CC(=O)C(c1ccc(C)cc1)c1cccc(-c2ccccc2Br)c1. The number of aryl methyl sites for hydroxylation is 1. The molecule has 1 atom stereocenters. The molecular weight excluding hydrogens is 360 g/mol. The Morgan fingerprint density at radius 2 is 1.58 bits per heavy atom. The number of carbonyl (C=O) groups is 1. The minimum absolute atomic E-state index is 0.156. The Morgan fingerprint density at radius 1 is 0.875 bits per heavy atom. The average molecular weight is 379 g/mol. The largest absolute Gasteiger partial charge is 0.299 e. The standard InChI is InChI=1S/C22H19BrO/c1-15-10-12-17(13-11-15)22(16(2)24)19-7-5-6-18(14-19)20-8-3-4-9-21(20)23/h3-14,22H,1-2H3. The highest BCUT2D eigenvalue weighted by atomic mass is 79.9. The van der Waals surface area contributed by atoms with Gasteiger partial charge in [-0.3, -0.25) is 4.79 Å². The van der Waals surface area contributed by atoms with Crippen LogP contribution >= 0.6 is 15.9 Å². The highest BCUT2D eigenvalue weighted by Crippen LogP contribution is 2.32. The van der Waals surface area contributed by atoms with E-state index >= 15 is 0 Å². The smallest absolute Gasteiger partial charge is 0.141 e. The molecule has 0 fully saturated rings. The summed E-state index contributed by atoms with van der Waals surface area (Å²) in [6.07, 6.45) is 0. The fourth-order valence-electron chi connectivity index (χ4n) is 3.00. The number of halogens is 1. The summed E-state index contributed by atoms with van der Waals surface area (Å²) in [6, 6.07) is 24.6. The van der Waals surface area contributed by atoms with Crippen LogP contribution in [0.2, 0.25) is 0 Å². The van der Waals surface area contributed by atoms with Gasteiger partial charge in [0.15, 0.2) is 0 Å². The molecule has 0 spiro atoms. The van der Waals surface area contributed by atoms with Gasteiger partial charge in [-0.2, -0.15) is 0 Å². The molecule has 0 aliphatic heterocycles. The number of benzene rings is 3. The number of hydrogen-bond donors (Lipinski definition) is 0. The predicted octanol–water partition coefficient (Wildman–Crippen LogP) is 6.15. The molecule has 0 radical (unpaired) electrons. The molecule has 120 valence electrons. The number of rotatable bonds is 4. The molecule has 3 rings (SSSR count). The zero-order chi connectivity index (χ0) is 17.1. The molecule has 1 unspecified atom stereocenters. The Labute approximate surface area is 151 Å². The van der Waals surface area contributed by atoms with Crippen molar-refractivity contribution in [1.29, 1.82) is 0 Å². The van der Waals surface area contributed by atoms with E-state index in [1.807, 2.05) is 42.5 Å². The van der Waals surface area contributed by atoms with Gasteiger partial charge in [0.05, 0.1) is 5.92 Å². The van der Waals surface area contributed by atoms with E-state index in [-0.39, 0.29) is 11.7 Å². The molecule has 24 heavy (non-hydrogen) atoms. The Balaban J connectivity index is 2.07. The van der Waals surface area contributed by atoms with Gasteiger partial charge in [0.2, 0.25) is 0 Å². The van der Waals surface area contributed by atoms with Gasteiger partial charge < -0.3 is 0 Å². The van der Waals surface area contributed by atoms with Crippen LogP contribution in [0.5, 0.6) is 0 Å². The molecule has 1 nitrogen and oxygen atoms in total. The third kappa shape index (κ3) is 3.49. The highest BCUT2D eigenvalue weighted by Gasteiger charge is 2.19. The first-order chi connectivity index (χ1) is 11.6. The fourth-order valence-corrected chi connectivity index (χ4v) is 3.52. The zero-order valence-electron chi connectivity index (χ0n) is 13.8. The molecule has 3 aromatic carbocycles. The zero-order valence-corrected chi connectivity index (χ0v) is 15.4. The van der Waals surface area contributed by atoms with Crippen molar-refractivity contribution in [3.05, 3.63) is 94.0 Å². The van der Waals surface area contributed by atoms with Gasteiger partial charge in [-0.05, 0) is 42.2 Å². The monoisotopic (exact) mass is 378 g/mol. The summed E-state index contributed by atoms with van der Waals surface area (Å²) in [5.41, 5.74) is 5.50. The van der Waals surface area contributed by atoms with Crippen LogP contribution in [0, 0.1) is 6.92 Å². The van der Waals surface area contributed by atoms with Crippen molar-refractivity contribution in [2.45, 2.75) is 19.8 Å². The summed E-state index contributed by atoms with van der Waals surface area (Å²) in [6.45, 7) is 3.72. The van der Waals surface area contributed by atoms with Crippen LogP contribution in [0.15, 0.2) is 77.3 Å². The van der Waals surface area contributed by atoms with Crippen molar-refractivity contribution in [1.82, 2.24) is 0 Å². The van der Waals surface area contributed by atoms with Crippen molar-refractivity contribution in [2.24, 2.45) is 0 Å². The number of carbonyl (C=O) groups excluding carboxylic acids is 1. The van der Waals surface area contributed by atoms with E-state index in [2.05, 4.69) is 53.2 Å². The quantitative estimate of drug-likeness (QED) is 0.532. The van der Waals surface area contributed by atoms with Crippen LogP contribution < -0.4 is 0 Å². The molecule has 0 saturated carbocycles. The summed E-state index contributed by atoms with van der Waals surface area (Å²) >= 11 is 3.61. The molecule has 3 aromatic rings. The maximum Gasteiger partial charge on any atom is 0.141 e. The summed E-state index contributed by atoms with van der Waals surface area (Å²) in [7, 11) is 0. The Morgan fingerprint density at radius 3 is 2.25 bits per heavy atom. The molecule has 0 bridgehead atoms. The van der Waals surface area contributed by atoms with E-state index in [0.717, 1.165) is 26.7 Å². The highest BCUT2D eigenvalue weighted by molar-refractivity contribution is 9.10. The number of Topliss-reactive ketones (excluding diaryl/α,β-unsaturated/α-hetero) is 1. The summed E-state index contributed by atoms with van der Waals surface area (Å²) in [4.78, 5) is 12.3. The predicted molar refractivity (Wildman–Crippen MR) is 103 cm³/mol. The van der Waals surface area contributed by atoms with Crippen molar-refractivity contribution >= 4 is 21.7 Å². The normalized spacial score (nSPS) is 12.0. The van der Waals surface area contributed by atoms with Crippen LogP contribution in [0.1, 0.15) is 29.5 Å². The van der Waals surface area contributed by atoms with Crippen molar-refractivity contribution < 1.29 is 4.79 Å². The molecule has 0 N–H and O–H groups in total. The Hall–Kier alpha value is -2.19. The second-order valence-corrected chi connectivity index (χ2v) is 6.91. The lowest BCUT2D eigenvalue weighted by molar-refractivity contribution is -0.117. The first-order valence-corrected chi connectivity index (χ1v) is 8.77. The fraction of sp³-hybridized carbons (Fsp3) is 0.136. The van der Waals surface area contributed by atoms with Crippen LogP contribution in [0.3, 0.4) is 0 Å². The molecule has 0 aromatic heterocycles. The molecule has 0 aliphatic rings. The first-order valence-electron chi connectivity index (χ1n) is 7.98. The summed E-state index contributed by atoms with van der Waals surface area (Å²) in [5, 5.41) is 0. The lowest BCUT2D eigenvalue weighted by atomic mass is 9.86. The molecule has 0 heterocycles. The van der Waals surface area contributed by atoms with Crippen LogP contribution in [0.25, 0.3) is 11.1 Å². The van der Waals surface area contributed by atoms with Crippen LogP contribution in [-0.2, 0) is 4.79 Å². The summed E-state index contributed by atoms with van der Waals surface area (Å²) < 4.78 is 1.05. The maximum atomic E-state index is 12.3. The second-order valence-electron chi connectivity index (χ2n) is 6.06. The molecular formula is C22H19BrO. The van der Waals surface area contributed by atoms with Crippen molar-refractivity contribution in [3.8, 4) is 11.1 Å². The number of hydrogen-bond acceptors (Lipinski definition) is 1. The van der Waals surface area contributed by atoms with Gasteiger partial charge in [0.25, 0.3) is 0 Å². The first kappa shape index (κ1) is 16.7. The van der Waals surface area contributed by atoms with E-state index in [9.17, 15) is 4.79 Å². The third-order valence-electron chi connectivity index (χ3n) is 4.22. The maximum absolute atomic E-state index is 12.3. The van der Waals surface area contributed by atoms with Crippen molar-refractivity contribution in [2.75, 3.05) is 0 Å².